The van der Waals surface area contributed by atoms with Gasteiger partial charge < -0.3 is 0 Å². The molecule has 146 valence electrons. The van der Waals surface area contributed by atoms with Gasteiger partial charge in [-0.25, -0.2) is 0 Å². The fourth-order valence-electron chi connectivity index (χ4n) is 3.46. The van der Waals surface area contributed by atoms with Crippen LogP contribution in [0, 0.1) is 20.2 Å². The van der Waals surface area contributed by atoms with Gasteiger partial charge in [0, 0.05) is 24.3 Å². The molecule has 0 saturated heterocycles. The molecule has 0 saturated carbocycles. The number of nitrogens with zero attached hydrogens (tertiary/aromatic N) is 2. The van der Waals surface area contributed by atoms with Crippen LogP contribution in [0.25, 0.3) is 33.4 Å². The van der Waals surface area contributed by atoms with E-state index in [2.05, 4.69) is 0 Å². The minimum atomic E-state index is -0.417. The molecule has 0 radical (unpaired) electrons. The third kappa shape index (κ3) is 3.66. The Morgan fingerprint density at radius 3 is 1.03 bits per heavy atom. The van der Waals surface area contributed by atoms with Crippen molar-refractivity contribution in [3.8, 4) is 33.4 Å². The second kappa shape index (κ2) is 7.97. The smallest absolute Gasteiger partial charge is 0.258 e. The van der Waals surface area contributed by atoms with Crippen LogP contribution in [0.2, 0.25) is 0 Å². The van der Waals surface area contributed by atoms with Gasteiger partial charge in [0.1, 0.15) is 0 Å². The predicted octanol–water partition coefficient (Wildman–Crippen LogP) is 6.50. The summed E-state index contributed by atoms with van der Waals surface area (Å²) in [7, 11) is 0. The highest BCUT2D eigenvalue weighted by Crippen LogP contribution is 2.38. The molecule has 0 N–H and O–H groups in total. The summed E-state index contributed by atoms with van der Waals surface area (Å²) >= 11 is 0. The Kier molecular flexibility index (Phi) is 5.05. The zero-order valence-corrected chi connectivity index (χ0v) is 15.8. The summed E-state index contributed by atoms with van der Waals surface area (Å²) in [6, 6.07) is 28.6. The van der Waals surface area contributed by atoms with Crippen molar-refractivity contribution in [2.24, 2.45) is 0 Å². The summed E-state index contributed by atoms with van der Waals surface area (Å²) in [5, 5.41) is 21.9. The highest BCUT2D eigenvalue weighted by molar-refractivity contribution is 5.91. The normalized spacial score (nSPS) is 10.5. The van der Waals surface area contributed by atoms with Gasteiger partial charge in [-0.2, -0.15) is 0 Å². The van der Waals surface area contributed by atoms with E-state index >= 15 is 0 Å². The SMILES string of the molecule is O=[N+]([O-])c1ccc(-c2ccccc2-c2ccccc2-c2ccc([N+](=O)[O-])cc2)cc1. The molecule has 4 rings (SSSR count). The van der Waals surface area contributed by atoms with Gasteiger partial charge in [0.2, 0.25) is 0 Å². The van der Waals surface area contributed by atoms with Gasteiger partial charge in [0.25, 0.3) is 11.4 Å². The molecule has 4 aromatic carbocycles. The molecule has 6 nitrogen and oxygen atoms in total. The Morgan fingerprint density at radius 2 is 0.733 bits per heavy atom. The van der Waals surface area contributed by atoms with Crippen molar-refractivity contribution in [3.05, 3.63) is 117 Å². The largest absolute Gasteiger partial charge is 0.269 e. The van der Waals surface area contributed by atoms with E-state index in [0.717, 1.165) is 33.4 Å². The van der Waals surface area contributed by atoms with Crippen molar-refractivity contribution in [2.75, 3.05) is 0 Å². The maximum Gasteiger partial charge on any atom is 0.269 e. The average molecular weight is 396 g/mol. The third-order valence-electron chi connectivity index (χ3n) is 4.92. The average Bonchev–Trinajstić information content (AvgIpc) is 2.79. The summed E-state index contributed by atoms with van der Waals surface area (Å²) in [5.74, 6) is 0. The lowest BCUT2D eigenvalue weighted by Gasteiger charge is -2.14. The van der Waals surface area contributed by atoms with Crippen LogP contribution in [0.1, 0.15) is 0 Å². The first-order chi connectivity index (χ1) is 14.5. The minimum absolute atomic E-state index is 0.0440. The van der Waals surface area contributed by atoms with Crippen LogP contribution in [0.3, 0.4) is 0 Å². The van der Waals surface area contributed by atoms with Gasteiger partial charge in [-0.1, -0.05) is 48.5 Å². The molecule has 0 bridgehead atoms. The molecule has 0 aliphatic carbocycles. The lowest BCUT2D eigenvalue weighted by molar-refractivity contribution is -0.385. The van der Waals surface area contributed by atoms with E-state index in [1.165, 1.54) is 24.3 Å². The Hall–Kier alpha value is -4.32. The standard InChI is InChI=1S/C24H16N2O4/c27-25(28)19-13-9-17(10-14-19)21-5-1-3-7-23(21)24-8-4-2-6-22(24)18-11-15-20(16-12-18)26(29)30/h1-16H. The van der Waals surface area contributed by atoms with Crippen molar-refractivity contribution in [1.82, 2.24) is 0 Å². The highest BCUT2D eigenvalue weighted by Gasteiger charge is 2.14. The minimum Gasteiger partial charge on any atom is -0.258 e. The second-order valence-electron chi connectivity index (χ2n) is 6.70. The number of rotatable bonds is 5. The molecule has 0 aliphatic heterocycles. The number of non-ortho nitro benzene ring substituents is 2. The summed E-state index contributed by atoms with van der Waals surface area (Å²) in [5.41, 5.74) is 5.67. The maximum absolute atomic E-state index is 11.0. The fourth-order valence-corrected chi connectivity index (χ4v) is 3.46. The van der Waals surface area contributed by atoms with Gasteiger partial charge in [-0.15, -0.1) is 0 Å². The Labute approximate surface area is 172 Å². The van der Waals surface area contributed by atoms with Crippen molar-refractivity contribution in [1.29, 1.82) is 0 Å². The molecule has 0 unspecified atom stereocenters. The molecule has 0 aliphatic rings. The first-order valence-electron chi connectivity index (χ1n) is 9.22. The van der Waals surface area contributed by atoms with Crippen molar-refractivity contribution >= 4 is 11.4 Å². The van der Waals surface area contributed by atoms with Crippen LogP contribution in [-0.2, 0) is 0 Å². The summed E-state index contributed by atoms with van der Waals surface area (Å²) < 4.78 is 0. The Morgan fingerprint density at radius 1 is 0.433 bits per heavy atom. The van der Waals surface area contributed by atoms with Gasteiger partial charge in [0.05, 0.1) is 9.85 Å². The van der Waals surface area contributed by atoms with Crippen LogP contribution in [0.15, 0.2) is 97.1 Å². The van der Waals surface area contributed by atoms with E-state index in [-0.39, 0.29) is 11.4 Å². The van der Waals surface area contributed by atoms with Crippen LogP contribution in [-0.4, -0.2) is 9.85 Å². The zero-order valence-electron chi connectivity index (χ0n) is 15.8. The molecule has 0 fully saturated rings. The van der Waals surface area contributed by atoms with E-state index in [1.54, 1.807) is 24.3 Å². The van der Waals surface area contributed by atoms with Crippen molar-refractivity contribution in [3.63, 3.8) is 0 Å². The topological polar surface area (TPSA) is 86.3 Å². The fraction of sp³-hybridized carbons (Fsp3) is 0. The lowest BCUT2D eigenvalue weighted by Crippen LogP contribution is -1.91. The van der Waals surface area contributed by atoms with Gasteiger partial charge in [-0.05, 0) is 57.6 Å². The summed E-state index contributed by atoms with van der Waals surface area (Å²) in [4.78, 5) is 21.1. The number of benzene rings is 4. The molecular formula is C24H16N2O4. The summed E-state index contributed by atoms with van der Waals surface area (Å²) in [6.07, 6.45) is 0. The van der Waals surface area contributed by atoms with Crippen LogP contribution >= 0.6 is 0 Å². The van der Waals surface area contributed by atoms with Gasteiger partial charge >= 0.3 is 0 Å². The number of nitro benzene ring substituents is 2. The van der Waals surface area contributed by atoms with Crippen molar-refractivity contribution in [2.45, 2.75) is 0 Å². The molecule has 4 aromatic rings. The highest BCUT2D eigenvalue weighted by atomic mass is 16.6. The van der Waals surface area contributed by atoms with E-state index in [0.29, 0.717) is 0 Å². The molecule has 0 amide bonds. The number of hydrogen-bond donors (Lipinski definition) is 0. The zero-order chi connectivity index (χ0) is 21.1. The molecule has 0 heterocycles. The van der Waals surface area contributed by atoms with E-state index < -0.39 is 9.85 Å². The molecule has 30 heavy (non-hydrogen) atoms. The van der Waals surface area contributed by atoms with Crippen LogP contribution < -0.4 is 0 Å². The Balaban J connectivity index is 1.83. The number of nitro groups is 2. The predicted molar refractivity (Wildman–Crippen MR) is 116 cm³/mol. The second-order valence-corrected chi connectivity index (χ2v) is 6.70. The Bertz CT molecular complexity index is 1130. The molecule has 0 aromatic heterocycles. The van der Waals surface area contributed by atoms with Crippen LogP contribution in [0.5, 0.6) is 0 Å². The van der Waals surface area contributed by atoms with Crippen LogP contribution in [0.4, 0.5) is 11.4 Å². The first-order valence-corrected chi connectivity index (χ1v) is 9.22. The lowest BCUT2D eigenvalue weighted by atomic mass is 9.89. The molecular weight excluding hydrogens is 380 g/mol. The maximum atomic E-state index is 11.0. The van der Waals surface area contributed by atoms with E-state index in [4.69, 9.17) is 0 Å². The first kappa shape index (κ1) is 19.0. The van der Waals surface area contributed by atoms with Gasteiger partial charge in [-0.3, -0.25) is 20.2 Å². The van der Waals surface area contributed by atoms with Crippen molar-refractivity contribution < 1.29 is 9.85 Å². The van der Waals surface area contributed by atoms with E-state index in [9.17, 15) is 20.2 Å². The quantitative estimate of drug-likeness (QED) is 0.284. The third-order valence-corrected chi connectivity index (χ3v) is 4.92. The molecule has 0 atom stereocenters. The van der Waals surface area contributed by atoms with Gasteiger partial charge in [0.15, 0.2) is 0 Å². The van der Waals surface area contributed by atoms with E-state index in [1.807, 2.05) is 48.5 Å². The summed E-state index contributed by atoms with van der Waals surface area (Å²) in [6.45, 7) is 0. The monoisotopic (exact) mass is 396 g/mol. The number of hydrogen-bond acceptors (Lipinski definition) is 4. The molecule has 0 spiro atoms. The molecule has 6 heteroatoms.